The van der Waals surface area contributed by atoms with Crippen molar-refractivity contribution in [2.24, 2.45) is 0 Å². The Morgan fingerprint density at radius 2 is 1.82 bits per heavy atom. The molecule has 0 bridgehead atoms. The van der Waals surface area contributed by atoms with Crippen LogP contribution in [0.4, 0.5) is 5.69 Å². The molecule has 0 aliphatic carbocycles. The lowest BCUT2D eigenvalue weighted by atomic mass is 10.0. The molecule has 3 heterocycles. The fourth-order valence-electron chi connectivity index (χ4n) is 4.37. The number of hydrogen-bond acceptors (Lipinski definition) is 6. The van der Waals surface area contributed by atoms with E-state index >= 15 is 0 Å². The number of piperidine rings is 2. The third-order valence-corrected chi connectivity index (χ3v) is 5.77. The number of hydrogen-bond donors (Lipinski definition) is 2. The Morgan fingerprint density at radius 1 is 1.07 bits per heavy atom. The standard InChI is InChI=1S/C20H24N4O4/c1-2-21-12-8-10-23(11-9-12)14-5-3-4-13-17(14)20(28)24(19(13)27)15-6-7-16(25)22-18(15)26/h3-5,12,15,21H,2,6-11H2,1H3,(H,22,25,26). The van der Waals surface area contributed by atoms with Crippen LogP contribution in [0.2, 0.25) is 0 Å². The van der Waals surface area contributed by atoms with Crippen molar-refractivity contribution in [3.05, 3.63) is 29.3 Å². The molecule has 0 radical (unpaired) electrons. The normalized spacial score (nSPS) is 23.2. The summed E-state index contributed by atoms with van der Waals surface area (Å²) in [5, 5.41) is 5.68. The summed E-state index contributed by atoms with van der Waals surface area (Å²) < 4.78 is 0. The Hall–Kier alpha value is -2.74. The quantitative estimate of drug-likeness (QED) is 0.741. The van der Waals surface area contributed by atoms with Gasteiger partial charge in [-0.15, -0.1) is 0 Å². The Labute approximate surface area is 163 Å². The van der Waals surface area contributed by atoms with E-state index in [0.29, 0.717) is 17.2 Å². The molecule has 4 amide bonds. The average Bonchev–Trinajstić information content (AvgIpc) is 2.94. The molecule has 148 valence electrons. The average molecular weight is 384 g/mol. The van der Waals surface area contributed by atoms with E-state index in [0.717, 1.165) is 43.1 Å². The number of anilines is 1. The molecule has 3 aliphatic rings. The summed E-state index contributed by atoms with van der Waals surface area (Å²) >= 11 is 0. The van der Waals surface area contributed by atoms with Gasteiger partial charge in [-0.3, -0.25) is 29.4 Å². The van der Waals surface area contributed by atoms with Gasteiger partial charge in [-0.05, 0) is 37.9 Å². The SMILES string of the molecule is CCNC1CCN(c2cccc3c2C(=O)N(C2CCC(=O)NC2=O)C3=O)CC1. The minimum Gasteiger partial charge on any atom is -0.371 e. The molecule has 0 spiro atoms. The number of rotatable bonds is 4. The predicted octanol–water partition coefficient (Wildman–Crippen LogP) is 0.666. The summed E-state index contributed by atoms with van der Waals surface area (Å²) in [4.78, 5) is 52.9. The van der Waals surface area contributed by atoms with Crippen molar-refractivity contribution in [3.8, 4) is 0 Å². The Bertz CT molecular complexity index is 845. The zero-order chi connectivity index (χ0) is 19.8. The number of fused-ring (bicyclic) bond motifs is 1. The van der Waals surface area contributed by atoms with Crippen molar-refractivity contribution >= 4 is 29.3 Å². The van der Waals surface area contributed by atoms with Crippen molar-refractivity contribution < 1.29 is 19.2 Å². The van der Waals surface area contributed by atoms with E-state index in [9.17, 15) is 19.2 Å². The topological polar surface area (TPSA) is 98.8 Å². The second-order valence-electron chi connectivity index (χ2n) is 7.47. The molecule has 3 aliphatic heterocycles. The van der Waals surface area contributed by atoms with Crippen LogP contribution in [0.1, 0.15) is 53.3 Å². The van der Waals surface area contributed by atoms with Crippen molar-refractivity contribution in [1.82, 2.24) is 15.5 Å². The monoisotopic (exact) mass is 384 g/mol. The smallest absolute Gasteiger partial charge is 0.264 e. The van der Waals surface area contributed by atoms with Gasteiger partial charge in [0.05, 0.1) is 16.8 Å². The fourth-order valence-corrected chi connectivity index (χ4v) is 4.37. The van der Waals surface area contributed by atoms with Gasteiger partial charge in [0.25, 0.3) is 11.8 Å². The van der Waals surface area contributed by atoms with E-state index in [1.165, 1.54) is 0 Å². The first-order valence-electron chi connectivity index (χ1n) is 9.84. The highest BCUT2D eigenvalue weighted by atomic mass is 16.2. The summed E-state index contributed by atoms with van der Waals surface area (Å²) in [5.41, 5.74) is 1.46. The van der Waals surface area contributed by atoms with Gasteiger partial charge in [0.2, 0.25) is 11.8 Å². The fraction of sp³-hybridized carbons (Fsp3) is 0.500. The summed E-state index contributed by atoms with van der Waals surface area (Å²) in [6, 6.07) is 4.82. The third kappa shape index (κ3) is 3.07. The number of amides is 4. The first-order chi connectivity index (χ1) is 13.5. The Kier molecular flexibility index (Phi) is 4.89. The lowest BCUT2D eigenvalue weighted by molar-refractivity contribution is -0.136. The maximum atomic E-state index is 13.2. The number of benzene rings is 1. The van der Waals surface area contributed by atoms with Crippen LogP contribution in [0.25, 0.3) is 0 Å². The van der Waals surface area contributed by atoms with Crippen molar-refractivity contribution in [2.75, 3.05) is 24.5 Å². The Morgan fingerprint density at radius 3 is 2.50 bits per heavy atom. The first-order valence-corrected chi connectivity index (χ1v) is 9.84. The van der Waals surface area contributed by atoms with Crippen LogP contribution in [-0.4, -0.2) is 60.2 Å². The van der Waals surface area contributed by atoms with Gasteiger partial charge in [-0.25, -0.2) is 0 Å². The summed E-state index contributed by atoms with van der Waals surface area (Å²) in [7, 11) is 0. The van der Waals surface area contributed by atoms with E-state index in [1.54, 1.807) is 12.1 Å². The molecule has 2 N–H and O–H groups in total. The minimum absolute atomic E-state index is 0.120. The van der Waals surface area contributed by atoms with Gasteiger partial charge >= 0.3 is 0 Å². The maximum Gasteiger partial charge on any atom is 0.264 e. The van der Waals surface area contributed by atoms with Gasteiger partial charge in [-0.1, -0.05) is 13.0 Å². The summed E-state index contributed by atoms with van der Waals surface area (Å²) in [5.74, 6) is -1.86. The molecule has 8 nitrogen and oxygen atoms in total. The van der Waals surface area contributed by atoms with Gasteiger partial charge in [-0.2, -0.15) is 0 Å². The van der Waals surface area contributed by atoms with Crippen molar-refractivity contribution in [1.29, 1.82) is 0 Å². The molecule has 0 aromatic heterocycles. The molecular formula is C20H24N4O4. The highest BCUT2D eigenvalue weighted by Crippen LogP contribution is 2.35. The largest absolute Gasteiger partial charge is 0.371 e. The molecule has 8 heteroatoms. The molecule has 28 heavy (non-hydrogen) atoms. The second kappa shape index (κ2) is 7.35. The van der Waals surface area contributed by atoms with Gasteiger partial charge < -0.3 is 10.2 Å². The molecule has 2 saturated heterocycles. The zero-order valence-electron chi connectivity index (χ0n) is 15.9. The highest BCUT2D eigenvalue weighted by molar-refractivity contribution is 6.25. The number of nitrogens with zero attached hydrogens (tertiary/aromatic N) is 2. The molecular weight excluding hydrogens is 360 g/mol. The lowest BCUT2D eigenvalue weighted by Crippen LogP contribution is -2.54. The number of carbonyl (C=O) groups excluding carboxylic acids is 4. The van der Waals surface area contributed by atoms with Crippen molar-refractivity contribution in [2.45, 2.75) is 44.7 Å². The second-order valence-corrected chi connectivity index (χ2v) is 7.47. The molecule has 2 fully saturated rings. The lowest BCUT2D eigenvalue weighted by Gasteiger charge is -2.34. The highest BCUT2D eigenvalue weighted by Gasteiger charge is 2.46. The Balaban J connectivity index is 1.60. The van der Waals surface area contributed by atoms with Gasteiger partial charge in [0.15, 0.2) is 0 Å². The summed E-state index contributed by atoms with van der Waals surface area (Å²) in [6.45, 7) is 4.62. The minimum atomic E-state index is -0.933. The van der Waals surface area contributed by atoms with Crippen LogP contribution >= 0.6 is 0 Å². The number of nitrogens with one attached hydrogen (secondary N) is 2. The van der Waals surface area contributed by atoms with Crippen LogP contribution in [-0.2, 0) is 9.59 Å². The molecule has 0 saturated carbocycles. The van der Waals surface area contributed by atoms with Crippen LogP contribution in [0.15, 0.2) is 18.2 Å². The number of carbonyl (C=O) groups is 4. The zero-order valence-corrected chi connectivity index (χ0v) is 15.9. The molecule has 1 unspecified atom stereocenters. The van der Waals surface area contributed by atoms with Crippen LogP contribution < -0.4 is 15.5 Å². The summed E-state index contributed by atoms with van der Waals surface area (Å²) in [6.07, 6.45) is 2.22. The van der Waals surface area contributed by atoms with E-state index < -0.39 is 23.8 Å². The van der Waals surface area contributed by atoms with Gasteiger partial charge in [0, 0.05) is 25.6 Å². The third-order valence-electron chi connectivity index (χ3n) is 5.77. The van der Waals surface area contributed by atoms with Crippen molar-refractivity contribution in [3.63, 3.8) is 0 Å². The van der Waals surface area contributed by atoms with E-state index in [-0.39, 0.29) is 18.7 Å². The molecule has 4 rings (SSSR count). The van der Waals surface area contributed by atoms with Crippen LogP contribution in [0, 0.1) is 0 Å². The first kappa shape index (κ1) is 18.6. The maximum absolute atomic E-state index is 13.2. The predicted molar refractivity (Wildman–Crippen MR) is 102 cm³/mol. The van der Waals surface area contributed by atoms with E-state index in [1.807, 2.05) is 6.07 Å². The van der Waals surface area contributed by atoms with Crippen LogP contribution in [0.3, 0.4) is 0 Å². The van der Waals surface area contributed by atoms with Crippen LogP contribution in [0.5, 0.6) is 0 Å². The molecule has 1 aromatic carbocycles. The number of imide groups is 2. The van der Waals surface area contributed by atoms with E-state index in [4.69, 9.17) is 0 Å². The van der Waals surface area contributed by atoms with E-state index in [2.05, 4.69) is 22.5 Å². The molecule has 1 atom stereocenters. The molecule has 1 aromatic rings. The van der Waals surface area contributed by atoms with Gasteiger partial charge in [0.1, 0.15) is 6.04 Å².